The fraction of sp³-hybridized carbons (Fsp3) is 0.688. The molecule has 0 fully saturated rings. The van der Waals surface area contributed by atoms with E-state index in [2.05, 4.69) is 5.10 Å². The van der Waals surface area contributed by atoms with Crippen LogP contribution in [0, 0.1) is 0 Å². The van der Waals surface area contributed by atoms with Crippen molar-refractivity contribution in [3.63, 3.8) is 0 Å². The fourth-order valence-corrected chi connectivity index (χ4v) is 2.04. The van der Waals surface area contributed by atoms with Gasteiger partial charge >= 0.3 is 5.97 Å². The molecule has 0 unspecified atom stereocenters. The minimum atomic E-state index is -0.410. The Morgan fingerprint density at radius 1 is 1.23 bits per heavy atom. The molecule has 1 amide bonds. The average Bonchev–Trinajstić information content (AvgIpc) is 2.83. The Kier molecular flexibility index (Phi) is 9.91. The van der Waals surface area contributed by atoms with Crippen molar-refractivity contribution in [1.82, 2.24) is 14.7 Å². The van der Waals surface area contributed by atoms with Gasteiger partial charge in [-0.2, -0.15) is 5.10 Å². The summed E-state index contributed by atoms with van der Waals surface area (Å²) < 4.78 is 6.70. The minimum Gasteiger partial charge on any atom is -0.461 e. The topological polar surface area (TPSA) is 64.4 Å². The summed E-state index contributed by atoms with van der Waals surface area (Å²) in [4.78, 5) is 24.8. The van der Waals surface area contributed by atoms with E-state index < -0.39 is 5.97 Å². The van der Waals surface area contributed by atoms with Gasteiger partial charge in [0.25, 0.3) is 0 Å². The summed E-state index contributed by atoms with van der Waals surface area (Å²) in [5.41, 5.74) is 1.20. The van der Waals surface area contributed by atoms with Crippen LogP contribution in [-0.2, 0) is 22.6 Å². The van der Waals surface area contributed by atoms with Crippen LogP contribution in [0.3, 0.4) is 0 Å². The number of hydrogen-bond acceptors (Lipinski definition) is 4. The van der Waals surface area contributed by atoms with Gasteiger partial charge in [0, 0.05) is 20.0 Å². The smallest absolute Gasteiger partial charge is 0.358 e. The largest absolute Gasteiger partial charge is 0.461 e. The molecule has 0 spiro atoms. The number of nitrogens with zero attached hydrogens (tertiary/aromatic N) is 3. The van der Waals surface area contributed by atoms with Crippen molar-refractivity contribution in [2.75, 3.05) is 13.2 Å². The second-order valence-corrected chi connectivity index (χ2v) is 4.26. The van der Waals surface area contributed by atoms with Gasteiger partial charge in [-0.25, -0.2) is 4.79 Å². The number of aryl methyl sites for hydroxylation is 1. The summed E-state index contributed by atoms with van der Waals surface area (Å²) in [6, 6.07) is 1.71. The van der Waals surface area contributed by atoms with E-state index >= 15 is 0 Å². The summed E-state index contributed by atoms with van der Waals surface area (Å²) in [6.45, 7) is 13.6. The first-order chi connectivity index (χ1) is 10.6. The third-order valence-electron chi connectivity index (χ3n) is 2.94. The van der Waals surface area contributed by atoms with E-state index in [0.29, 0.717) is 18.8 Å². The second kappa shape index (κ2) is 10.8. The Hall–Kier alpha value is -1.85. The van der Waals surface area contributed by atoms with E-state index in [1.807, 2.05) is 27.7 Å². The molecule has 1 aliphatic rings. The summed E-state index contributed by atoms with van der Waals surface area (Å²) in [7, 11) is 0. The molecule has 0 saturated heterocycles. The van der Waals surface area contributed by atoms with Crippen LogP contribution >= 0.6 is 0 Å². The van der Waals surface area contributed by atoms with Crippen molar-refractivity contribution in [1.29, 1.82) is 0 Å². The zero-order chi connectivity index (χ0) is 17.1. The number of ether oxygens (including phenoxy) is 1. The van der Waals surface area contributed by atoms with E-state index in [1.165, 1.54) is 0 Å². The van der Waals surface area contributed by atoms with Crippen LogP contribution < -0.4 is 0 Å². The van der Waals surface area contributed by atoms with E-state index in [9.17, 15) is 9.59 Å². The van der Waals surface area contributed by atoms with Crippen molar-refractivity contribution in [3.8, 4) is 0 Å². The van der Waals surface area contributed by atoms with Crippen molar-refractivity contribution in [3.05, 3.63) is 17.5 Å². The van der Waals surface area contributed by atoms with Crippen LogP contribution in [0.15, 0.2) is 6.07 Å². The minimum absolute atomic E-state index is 0.0438. The molecule has 1 aliphatic heterocycles. The first-order valence-electron chi connectivity index (χ1n) is 8.11. The summed E-state index contributed by atoms with van der Waals surface area (Å²) in [6.07, 6.45) is 0.844. The highest BCUT2D eigenvalue weighted by molar-refractivity contribution is 5.87. The Labute approximate surface area is 133 Å². The fourth-order valence-electron chi connectivity index (χ4n) is 2.04. The van der Waals surface area contributed by atoms with E-state index in [4.69, 9.17) is 4.74 Å². The molecule has 0 radical (unpaired) electrons. The van der Waals surface area contributed by atoms with Crippen LogP contribution in [0.25, 0.3) is 0 Å². The maximum Gasteiger partial charge on any atom is 0.358 e. The molecule has 0 atom stereocenters. The molecule has 6 nitrogen and oxygen atoms in total. The van der Waals surface area contributed by atoms with E-state index in [0.717, 1.165) is 25.2 Å². The van der Waals surface area contributed by atoms with Crippen molar-refractivity contribution >= 4 is 11.9 Å². The van der Waals surface area contributed by atoms with Crippen LogP contribution in [0.5, 0.6) is 0 Å². The summed E-state index contributed by atoms with van der Waals surface area (Å²) in [5.74, 6) is -0.366. The lowest BCUT2D eigenvalue weighted by atomic mass is 10.3. The third-order valence-corrected chi connectivity index (χ3v) is 2.94. The average molecular weight is 311 g/mol. The molecule has 126 valence electrons. The Morgan fingerprint density at radius 2 is 1.86 bits per heavy atom. The number of fused-ring (bicyclic) bond motifs is 1. The van der Waals surface area contributed by atoms with Crippen LogP contribution in [0.2, 0.25) is 0 Å². The van der Waals surface area contributed by atoms with E-state index in [1.54, 1.807) is 29.5 Å². The third kappa shape index (κ3) is 5.50. The predicted molar refractivity (Wildman–Crippen MR) is 86.6 cm³/mol. The molecular weight excluding hydrogens is 282 g/mol. The first-order valence-corrected chi connectivity index (χ1v) is 8.11. The van der Waals surface area contributed by atoms with Gasteiger partial charge in [0.15, 0.2) is 5.69 Å². The molecule has 0 saturated carbocycles. The molecule has 0 bridgehead atoms. The molecule has 0 aromatic carbocycles. The van der Waals surface area contributed by atoms with Gasteiger partial charge in [-0.05, 0) is 19.4 Å². The number of carbonyl (C=O) groups is 2. The molecule has 2 heterocycles. The number of rotatable bonds is 2. The lowest BCUT2D eigenvalue weighted by Gasteiger charge is -2.17. The lowest BCUT2D eigenvalue weighted by molar-refractivity contribution is -0.129. The van der Waals surface area contributed by atoms with Gasteiger partial charge in [0.1, 0.15) is 0 Å². The Bertz CT molecular complexity index is 469. The van der Waals surface area contributed by atoms with Crippen molar-refractivity contribution in [2.45, 2.75) is 61.1 Å². The van der Waals surface area contributed by atoms with Gasteiger partial charge in [-0.1, -0.05) is 27.7 Å². The number of aromatic nitrogens is 2. The lowest BCUT2D eigenvalue weighted by Crippen LogP contribution is -2.28. The van der Waals surface area contributed by atoms with Gasteiger partial charge in [0.05, 0.1) is 18.8 Å². The van der Waals surface area contributed by atoms with Gasteiger partial charge in [0.2, 0.25) is 5.91 Å². The number of amides is 1. The monoisotopic (exact) mass is 311 g/mol. The van der Waals surface area contributed by atoms with Crippen LogP contribution in [0.4, 0.5) is 0 Å². The van der Waals surface area contributed by atoms with Gasteiger partial charge < -0.3 is 9.64 Å². The van der Waals surface area contributed by atoms with Crippen LogP contribution in [-0.4, -0.2) is 39.7 Å². The first kappa shape index (κ1) is 20.1. The molecule has 1 aromatic rings. The zero-order valence-corrected chi connectivity index (χ0v) is 14.7. The highest BCUT2D eigenvalue weighted by Gasteiger charge is 2.20. The molecule has 2 rings (SSSR count). The highest BCUT2D eigenvalue weighted by Crippen LogP contribution is 2.14. The highest BCUT2D eigenvalue weighted by atomic mass is 16.5. The number of hydrogen-bond donors (Lipinski definition) is 0. The van der Waals surface area contributed by atoms with Crippen molar-refractivity contribution in [2.24, 2.45) is 0 Å². The van der Waals surface area contributed by atoms with Gasteiger partial charge in [-0.15, -0.1) is 0 Å². The number of carbonyl (C=O) groups excluding carboxylic acids is 2. The summed E-state index contributed by atoms with van der Waals surface area (Å²) >= 11 is 0. The number of esters is 1. The summed E-state index contributed by atoms with van der Waals surface area (Å²) in [5, 5.41) is 4.23. The molecule has 0 aliphatic carbocycles. The maximum absolute atomic E-state index is 11.6. The Morgan fingerprint density at radius 3 is 2.41 bits per heavy atom. The normalized spacial score (nSPS) is 12.7. The van der Waals surface area contributed by atoms with Crippen molar-refractivity contribution < 1.29 is 14.3 Å². The second-order valence-electron chi connectivity index (χ2n) is 4.26. The quantitative estimate of drug-likeness (QED) is 0.788. The molecule has 1 aromatic heterocycles. The van der Waals surface area contributed by atoms with E-state index in [-0.39, 0.29) is 5.91 Å². The van der Waals surface area contributed by atoms with Crippen LogP contribution in [0.1, 0.15) is 64.1 Å². The SMILES string of the molecule is CC.CC.CCOC(=O)c1cc2n(n1)CCCN(C(C)=O)C2. The molecule has 0 N–H and O–H groups in total. The zero-order valence-electron chi connectivity index (χ0n) is 14.7. The maximum atomic E-state index is 11.6. The molecule has 22 heavy (non-hydrogen) atoms. The standard InChI is InChI=1S/C12H17N3O3.2C2H6/c1-3-18-12(17)11-7-10-8-14(9(2)16)5-4-6-15(10)13-11;2*1-2/h7H,3-6,8H2,1-2H3;2*1-2H3. The molecule has 6 heteroatoms. The van der Waals surface area contributed by atoms with Gasteiger partial charge in [-0.3, -0.25) is 9.48 Å². The molecular formula is C16H29N3O3. The Balaban J connectivity index is 0.00000102. The predicted octanol–water partition coefficient (Wildman–Crippen LogP) is 2.86.